The van der Waals surface area contributed by atoms with Crippen molar-refractivity contribution < 1.29 is 23.1 Å². The molecule has 0 aliphatic carbocycles. The van der Waals surface area contributed by atoms with E-state index in [0.29, 0.717) is 13.0 Å². The molecule has 0 aromatic carbocycles. The summed E-state index contributed by atoms with van der Waals surface area (Å²) in [4.78, 5) is 28.8. The van der Waals surface area contributed by atoms with E-state index in [2.05, 4.69) is 21.6 Å². The average molecular weight is 311 g/mol. The SMILES string of the molecule is C=CC(=O)N1CCC(C(=O)Nc2cccnc2OC(F)F)C1. The predicted octanol–water partition coefficient (Wildman–Crippen LogP) is 1.66. The first-order chi connectivity index (χ1) is 10.5. The number of nitrogens with one attached hydrogen (secondary N) is 1. The van der Waals surface area contributed by atoms with Gasteiger partial charge in [-0.05, 0) is 24.6 Å². The lowest BCUT2D eigenvalue weighted by molar-refractivity contribution is -0.125. The second-order valence-electron chi connectivity index (χ2n) is 4.70. The van der Waals surface area contributed by atoms with Crippen molar-refractivity contribution in [3.05, 3.63) is 31.0 Å². The molecule has 0 bridgehead atoms. The molecule has 22 heavy (non-hydrogen) atoms. The van der Waals surface area contributed by atoms with Crippen molar-refractivity contribution in [1.29, 1.82) is 0 Å². The number of aromatic nitrogens is 1. The summed E-state index contributed by atoms with van der Waals surface area (Å²) in [6.45, 7) is 1.09. The number of amides is 2. The van der Waals surface area contributed by atoms with Crippen LogP contribution in [0.15, 0.2) is 31.0 Å². The zero-order valence-corrected chi connectivity index (χ0v) is 11.7. The molecule has 0 saturated carbocycles. The molecule has 0 spiro atoms. The van der Waals surface area contributed by atoms with Crippen LogP contribution in [0.2, 0.25) is 0 Å². The molecule has 2 rings (SSSR count). The molecule has 8 heteroatoms. The molecule has 1 atom stereocenters. The third-order valence-corrected chi connectivity index (χ3v) is 3.28. The number of nitrogens with zero attached hydrogens (tertiary/aromatic N) is 2. The number of alkyl halides is 2. The van der Waals surface area contributed by atoms with E-state index < -0.39 is 12.5 Å². The molecule has 0 radical (unpaired) electrons. The van der Waals surface area contributed by atoms with Crippen LogP contribution in [-0.4, -0.2) is 41.4 Å². The number of hydrogen-bond acceptors (Lipinski definition) is 4. The van der Waals surface area contributed by atoms with Gasteiger partial charge in [-0.2, -0.15) is 8.78 Å². The quantitative estimate of drug-likeness (QED) is 0.840. The molecule has 1 aromatic rings. The average Bonchev–Trinajstić information content (AvgIpc) is 2.98. The first-order valence-corrected chi connectivity index (χ1v) is 6.63. The molecular weight excluding hydrogens is 296 g/mol. The second-order valence-corrected chi connectivity index (χ2v) is 4.70. The van der Waals surface area contributed by atoms with Crippen LogP contribution in [0.4, 0.5) is 14.5 Å². The highest BCUT2D eigenvalue weighted by Crippen LogP contribution is 2.25. The zero-order chi connectivity index (χ0) is 16.1. The highest BCUT2D eigenvalue weighted by Gasteiger charge is 2.30. The molecule has 1 aliphatic rings. The van der Waals surface area contributed by atoms with Crippen molar-refractivity contribution in [2.75, 3.05) is 18.4 Å². The first-order valence-electron chi connectivity index (χ1n) is 6.63. The van der Waals surface area contributed by atoms with Crippen molar-refractivity contribution in [1.82, 2.24) is 9.88 Å². The summed E-state index contributed by atoms with van der Waals surface area (Å²) in [6.07, 6.45) is 2.97. The number of ether oxygens (including phenoxy) is 1. The fraction of sp³-hybridized carbons (Fsp3) is 0.357. The van der Waals surface area contributed by atoms with Crippen LogP contribution >= 0.6 is 0 Å². The van der Waals surface area contributed by atoms with Gasteiger partial charge >= 0.3 is 6.61 Å². The van der Waals surface area contributed by atoms with Gasteiger partial charge in [-0.3, -0.25) is 9.59 Å². The van der Waals surface area contributed by atoms with E-state index in [-0.39, 0.29) is 29.9 Å². The predicted molar refractivity (Wildman–Crippen MR) is 74.4 cm³/mol. The van der Waals surface area contributed by atoms with Crippen LogP contribution in [0, 0.1) is 5.92 Å². The van der Waals surface area contributed by atoms with Crippen LogP contribution in [0.1, 0.15) is 6.42 Å². The smallest absolute Gasteiger partial charge is 0.388 e. The Morgan fingerprint density at radius 1 is 1.55 bits per heavy atom. The molecule has 118 valence electrons. The molecule has 1 aliphatic heterocycles. The van der Waals surface area contributed by atoms with Gasteiger partial charge in [0.2, 0.25) is 17.7 Å². The minimum atomic E-state index is -3.03. The number of hydrogen-bond donors (Lipinski definition) is 1. The minimum absolute atomic E-state index is 0.0706. The highest BCUT2D eigenvalue weighted by atomic mass is 19.3. The maximum absolute atomic E-state index is 12.3. The molecule has 1 N–H and O–H groups in total. The van der Waals surface area contributed by atoms with Gasteiger partial charge in [0.05, 0.1) is 5.92 Å². The lowest BCUT2D eigenvalue weighted by Gasteiger charge is -2.15. The normalized spacial score (nSPS) is 17.4. The van der Waals surface area contributed by atoms with E-state index in [4.69, 9.17) is 0 Å². The molecule has 6 nitrogen and oxygen atoms in total. The van der Waals surface area contributed by atoms with E-state index in [9.17, 15) is 18.4 Å². The van der Waals surface area contributed by atoms with E-state index in [1.165, 1.54) is 29.3 Å². The highest BCUT2D eigenvalue weighted by molar-refractivity contribution is 5.95. The number of carbonyl (C=O) groups excluding carboxylic acids is 2. The van der Waals surface area contributed by atoms with Gasteiger partial charge in [-0.25, -0.2) is 4.98 Å². The topological polar surface area (TPSA) is 71.5 Å². The first kappa shape index (κ1) is 15.9. The molecule has 2 amide bonds. The van der Waals surface area contributed by atoms with Gasteiger partial charge in [-0.1, -0.05) is 6.58 Å². The van der Waals surface area contributed by atoms with Gasteiger partial charge in [0.15, 0.2) is 0 Å². The number of likely N-dealkylation sites (tertiary alicyclic amines) is 1. The Morgan fingerprint density at radius 3 is 3.00 bits per heavy atom. The third kappa shape index (κ3) is 3.78. The largest absolute Gasteiger partial charge is 0.415 e. The number of anilines is 1. The Labute approximate surface area is 125 Å². The van der Waals surface area contributed by atoms with Crippen LogP contribution in [0.3, 0.4) is 0 Å². The Hall–Kier alpha value is -2.51. The molecule has 2 heterocycles. The summed E-state index contributed by atoms with van der Waals surface area (Å²) in [6, 6.07) is 2.92. The molecule has 1 aromatic heterocycles. The van der Waals surface area contributed by atoms with E-state index in [0.717, 1.165) is 0 Å². The van der Waals surface area contributed by atoms with Gasteiger partial charge in [0, 0.05) is 19.3 Å². The summed E-state index contributed by atoms with van der Waals surface area (Å²) >= 11 is 0. The van der Waals surface area contributed by atoms with Crippen LogP contribution in [0.25, 0.3) is 0 Å². The third-order valence-electron chi connectivity index (χ3n) is 3.28. The summed E-state index contributed by atoms with van der Waals surface area (Å²) in [5, 5.41) is 2.51. The molecule has 1 unspecified atom stereocenters. The van der Waals surface area contributed by atoms with Crippen molar-refractivity contribution in [2.45, 2.75) is 13.0 Å². The Bertz CT molecular complexity index is 580. The summed E-state index contributed by atoms with van der Waals surface area (Å²) in [5.74, 6) is -1.36. The molecular formula is C14H15F2N3O3. The van der Waals surface area contributed by atoms with Crippen LogP contribution in [-0.2, 0) is 9.59 Å². The zero-order valence-electron chi connectivity index (χ0n) is 11.7. The molecule has 1 fully saturated rings. The Kier molecular flexibility index (Phi) is 5.03. The molecule has 1 saturated heterocycles. The van der Waals surface area contributed by atoms with Crippen LogP contribution in [0.5, 0.6) is 5.88 Å². The van der Waals surface area contributed by atoms with Gasteiger partial charge in [0.1, 0.15) is 5.69 Å². The van der Waals surface area contributed by atoms with E-state index in [1.807, 2.05) is 0 Å². The number of halogens is 2. The lowest BCUT2D eigenvalue weighted by atomic mass is 10.1. The fourth-order valence-electron chi connectivity index (χ4n) is 2.20. The minimum Gasteiger partial charge on any atom is -0.415 e. The second kappa shape index (κ2) is 6.97. The lowest BCUT2D eigenvalue weighted by Crippen LogP contribution is -2.30. The Balaban J connectivity index is 2.01. The van der Waals surface area contributed by atoms with Crippen molar-refractivity contribution in [2.24, 2.45) is 5.92 Å². The van der Waals surface area contributed by atoms with Crippen molar-refractivity contribution in [3.8, 4) is 5.88 Å². The fourth-order valence-corrected chi connectivity index (χ4v) is 2.20. The monoisotopic (exact) mass is 311 g/mol. The standard InChI is InChI=1S/C14H15F2N3O3/c1-2-11(20)19-7-5-9(8-19)12(21)18-10-4-3-6-17-13(10)22-14(15)16/h2-4,6,9,14H,1,5,7-8H2,(H,18,21). The number of carbonyl (C=O) groups is 2. The maximum atomic E-state index is 12.3. The van der Waals surface area contributed by atoms with Gasteiger partial charge in [-0.15, -0.1) is 0 Å². The maximum Gasteiger partial charge on any atom is 0.388 e. The summed E-state index contributed by atoms with van der Waals surface area (Å²) in [5.41, 5.74) is 0.0706. The van der Waals surface area contributed by atoms with Crippen molar-refractivity contribution >= 4 is 17.5 Å². The van der Waals surface area contributed by atoms with Crippen LogP contribution < -0.4 is 10.1 Å². The van der Waals surface area contributed by atoms with Gasteiger partial charge in [0.25, 0.3) is 0 Å². The number of rotatable bonds is 5. The van der Waals surface area contributed by atoms with Crippen molar-refractivity contribution in [3.63, 3.8) is 0 Å². The van der Waals surface area contributed by atoms with E-state index in [1.54, 1.807) is 0 Å². The van der Waals surface area contributed by atoms with Gasteiger partial charge < -0.3 is 15.0 Å². The summed E-state index contributed by atoms with van der Waals surface area (Å²) in [7, 11) is 0. The summed E-state index contributed by atoms with van der Waals surface area (Å²) < 4.78 is 28.8. The Morgan fingerprint density at radius 2 is 2.32 bits per heavy atom. The number of pyridine rings is 1. The van der Waals surface area contributed by atoms with E-state index >= 15 is 0 Å².